The van der Waals surface area contributed by atoms with Crippen LogP contribution >= 0.6 is 0 Å². The standard InChI is InChI=1S/C14H18FNO4/c1-14(2,3)20-13(18)19-12(17)8-11(16)9-4-6-10(15)7-5-9/h4-7,11H,8,16H2,1-3H3/t11-/m1/s1. The molecule has 20 heavy (non-hydrogen) atoms. The summed E-state index contributed by atoms with van der Waals surface area (Å²) in [5, 5.41) is 0. The Morgan fingerprint density at radius 3 is 2.30 bits per heavy atom. The molecular formula is C14H18FNO4. The molecule has 0 radical (unpaired) electrons. The maximum absolute atomic E-state index is 12.7. The predicted octanol–water partition coefficient (Wildman–Crippen LogP) is 2.69. The van der Waals surface area contributed by atoms with Crippen LogP contribution in [0.1, 0.15) is 38.8 Å². The second-order valence-corrected chi connectivity index (χ2v) is 5.30. The molecule has 0 aliphatic heterocycles. The van der Waals surface area contributed by atoms with Crippen molar-refractivity contribution in [3.8, 4) is 0 Å². The zero-order valence-electron chi connectivity index (χ0n) is 11.7. The summed E-state index contributed by atoms with van der Waals surface area (Å²) in [6.07, 6.45) is -1.26. The van der Waals surface area contributed by atoms with Crippen molar-refractivity contribution < 1.29 is 23.5 Å². The number of hydrogen-bond acceptors (Lipinski definition) is 5. The molecule has 1 aromatic rings. The third-order valence-corrected chi connectivity index (χ3v) is 2.27. The van der Waals surface area contributed by atoms with Crippen LogP contribution in [0, 0.1) is 5.82 Å². The molecule has 2 N–H and O–H groups in total. The van der Waals surface area contributed by atoms with Crippen LogP contribution < -0.4 is 5.73 Å². The lowest BCUT2D eigenvalue weighted by molar-refractivity contribution is -0.141. The lowest BCUT2D eigenvalue weighted by atomic mass is 10.1. The van der Waals surface area contributed by atoms with E-state index in [0.29, 0.717) is 5.56 Å². The summed E-state index contributed by atoms with van der Waals surface area (Å²) in [6, 6.07) is 4.76. The molecule has 1 aromatic carbocycles. The second kappa shape index (κ2) is 6.47. The van der Waals surface area contributed by atoms with Crippen molar-refractivity contribution in [2.24, 2.45) is 5.73 Å². The number of carbonyl (C=O) groups excluding carboxylic acids is 2. The third kappa shape index (κ3) is 5.79. The lowest BCUT2D eigenvalue weighted by Crippen LogP contribution is -2.27. The molecule has 0 fully saturated rings. The van der Waals surface area contributed by atoms with E-state index in [2.05, 4.69) is 4.74 Å². The second-order valence-electron chi connectivity index (χ2n) is 5.30. The zero-order chi connectivity index (χ0) is 15.3. The molecule has 0 aromatic heterocycles. The minimum Gasteiger partial charge on any atom is -0.428 e. The van der Waals surface area contributed by atoms with Crippen molar-refractivity contribution in [2.75, 3.05) is 0 Å². The summed E-state index contributed by atoms with van der Waals surface area (Å²) in [4.78, 5) is 22.8. The number of carbonyl (C=O) groups is 2. The van der Waals surface area contributed by atoms with E-state index in [1.165, 1.54) is 24.3 Å². The van der Waals surface area contributed by atoms with Crippen molar-refractivity contribution in [3.05, 3.63) is 35.6 Å². The first-order chi connectivity index (χ1) is 9.17. The molecule has 0 bridgehead atoms. The SMILES string of the molecule is CC(C)(C)OC(=O)OC(=O)C[C@@H](N)c1ccc(F)cc1. The summed E-state index contributed by atoms with van der Waals surface area (Å²) in [5.74, 6) is -1.19. The zero-order valence-corrected chi connectivity index (χ0v) is 11.7. The Morgan fingerprint density at radius 2 is 1.80 bits per heavy atom. The van der Waals surface area contributed by atoms with Crippen LogP contribution in [0.5, 0.6) is 0 Å². The van der Waals surface area contributed by atoms with Gasteiger partial charge in [-0.1, -0.05) is 12.1 Å². The van der Waals surface area contributed by atoms with Crippen molar-refractivity contribution in [1.82, 2.24) is 0 Å². The van der Waals surface area contributed by atoms with E-state index < -0.39 is 29.6 Å². The molecule has 6 heteroatoms. The first kappa shape index (κ1) is 16.1. The molecule has 0 aliphatic rings. The summed E-state index contributed by atoms with van der Waals surface area (Å²) in [7, 11) is 0. The van der Waals surface area contributed by atoms with E-state index in [1.54, 1.807) is 20.8 Å². The van der Waals surface area contributed by atoms with E-state index in [0.717, 1.165) is 0 Å². The summed E-state index contributed by atoms with van der Waals surface area (Å²) < 4.78 is 22.1. The van der Waals surface area contributed by atoms with Crippen LogP contribution in [0.25, 0.3) is 0 Å². The maximum Gasteiger partial charge on any atom is 0.516 e. The van der Waals surface area contributed by atoms with Gasteiger partial charge in [-0.2, -0.15) is 0 Å². The Hall–Kier alpha value is -1.95. The number of nitrogens with two attached hydrogens (primary N) is 1. The van der Waals surface area contributed by atoms with Gasteiger partial charge >= 0.3 is 12.1 Å². The van der Waals surface area contributed by atoms with Gasteiger partial charge in [-0.15, -0.1) is 0 Å². The molecule has 5 nitrogen and oxygen atoms in total. The largest absolute Gasteiger partial charge is 0.516 e. The summed E-state index contributed by atoms with van der Waals surface area (Å²) in [5.41, 5.74) is 5.61. The Labute approximate surface area is 116 Å². The first-order valence-corrected chi connectivity index (χ1v) is 6.12. The Kier molecular flexibility index (Phi) is 5.21. The van der Waals surface area contributed by atoms with Gasteiger partial charge in [0, 0.05) is 6.04 Å². The fraction of sp³-hybridized carbons (Fsp3) is 0.429. The average molecular weight is 283 g/mol. The molecule has 0 saturated carbocycles. The highest BCUT2D eigenvalue weighted by molar-refractivity contribution is 5.82. The minimum absolute atomic E-state index is 0.203. The lowest BCUT2D eigenvalue weighted by Gasteiger charge is -2.18. The molecule has 0 aliphatic carbocycles. The van der Waals surface area contributed by atoms with E-state index >= 15 is 0 Å². The van der Waals surface area contributed by atoms with Gasteiger partial charge < -0.3 is 15.2 Å². The molecule has 0 amide bonds. The molecular weight excluding hydrogens is 265 g/mol. The van der Waals surface area contributed by atoms with Crippen LogP contribution in [0.4, 0.5) is 9.18 Å². The topological polar surface area (TPSA) is 78.6 Å². The normalized spacial score (nSPS) is 12.7. The van der Waals surface area contributed by atoms with E-state index in [-0.39, 0.29) is 6.42 Å². The van der Waals surface area contributed by atoms with Gasteiger partial charge in [-0.05, 0) is 38.5 Å². The number of halogens is 1. The Balaban J connectivity index is 2.50. The Morgan fingerprint density at radius 1 is 1.25 bits per heavy atom. The molecule has 110 valence electrons. The number of esters is 1. The fourth-order valence-electron chi connectivity index (χ4n) is 1.41. The van der Waals surface area contributed by atoms with Gasteiger partial charge in [0.1, 0.15) is 11.4 Å². The monoisotopic (exact) mass is 283 g/mol. The van der Waals surface area contributed by atoms with Crippen molar-refractivity contribution >= 4 is 12.1 Å². The van der Waals surface area contributed by atoms with Gasteiger partial charge in [0.05, 0.1) is 6.42 Å². The molecule has 0 saturated heterocycles. The van der Waals surface area contributed by atoms with Crippen LogP contribution in [0.2, 0.25) is 0 Å². The molecule has 1 rings (SSSR count). The molecule has 0 unspecified atom stereocenters. The highest BCUT2D eigenvalue weighted by atomic mass is 19.1. The number of benzene rings is 1. The van der Waals surface area contributed by atoms with E-state index in [4.69, 9.17) is 10.5 Å². The fourth-order valence-corrected chi connectivity index (χ4v) is 1.41. The summed E-state index contributed by atoms with van der Waals surface area (Å²) >= 11 is 0. The van der Waals surface area contributed by atoms with Gasteiger partial charge in [0.2, 0.25) is 0 Å². The van der Waals surface area contributed by atoms with Gasteiger partial charge in [-0.25, -0.2) is 9.18 Å². The number of hydrogen-bond donors (Lipinski definition) is 1. The molecule has 0 heterocycles. The number of rotatable bonds is 3. The first-order valence-electron chi connectivity index (χ1n) is 6.12. The van der Waals surface area contributed by atoms with E-state index in [1.807, 2.05) is 0 Å². The molecule has 1 atom stereocenters. The quantitative estimate of drug-likeness (QED) is 0.681. The van der Waals surface area contributed by atoms with Gasteiger partial charge in [-0.3, -0.25) is 4.79 Å². The van der Waals surface area contributed by atoms with Crippen LogP contribution in [-0.2, 0) is 14.3 Å². The van der Waals surface area contributed by atoms with Gasteiger partial charge in [0.15, 0.2) is 0 Å². The highest BCUT2D eigenvalue weighted by Gasteiger charge is 2.21. The summed E-state index contributed by atoms with van der Waals surface area (Å²) in [6.45, 7) is 4.97. The highest BCUT2D eigenvalue weighted by Crippen LogP contribution is 2.16. The predicted molar refractivity (Wildman–Crippen MR) is 70.3 cm³/mol. The van der Waals surface area contributed by atoms with Crippen LogP contribution in [-0.4, -0.2) is 17.7 Å². The maximum atomic E-state index is 12.7. The number of ether oxygens (including phenoxy) is 2. The minimum atomic E-state index is -1.06. The van der Waals surface area contributed by atoms with Crippen LogP contribution in [0.15, 0.2) is 24.3 Å². The molecule has 0 spiro atoms. The van der Waals surface area contributed by atoms with Crippen molar-refractivity contribution in [2.45, 2.75) is 38.8 Å². The average Bonchev–Trinajstić information content (AvgIpc) is 2.26. The van der Waals surface area contributed by atoms with E-state index in [9.17, 15) is 14.0 Å². The van der Waals surface area contributed by atoms with Crippen LogP contribution in [0.3, 0.4) is 0 Å². The van der Waals surface area contributed by atoms with Crippen molar-refractivity contribution in [1.29, 1.82) is 0 Å². The van der Waals surface area contributed by atoms with Gasteiger partial charge in [0.25, 0.3) is 0 Å². The Bertz CT molecular complexity index is 479. The third-order valence-electron chi connectivity index (χ3n) is 2.27. The smallest absolute Gasteiger partial charge is 0.428 e. The van der Waals surface area contributed by atoms with Crippen molar-refractivity contribution in [3.63, 3.8) is 0 Å².